The standard InChI is InChI=1S/C16H17BrFNO/c1-11(2)19-10-12-3-5-13(6-4-12)20-14-7-8-15(17)16(18)9-14/h3-9,11,19H,10H2,1-2H3. The summed E-state index contributed by atoms with van der Waals surface area (Å²) in [7, 11) is 0. The van der Waals surface area contributed by atoms with Gasteiger partial charge >= 0.3 is 0 Å². The number of hydrogen-bond donors (Lipinski definition) is 1. The van der Waals surface area contributed by atoms with Gasteiger partial charge < -0.3 is 10.1 Å². The third kappa shape index (κ3) is 4.32. The Labute approximate surface area is 127 Å². The highest BCUT2D eigenvalue weighted by atomic mass is 79.9. The Kier molecular flexibility index (Phi) is 5.15. The SMILES string of the molecule is CC(C)NCc1ccc(Oc2ccc(Br)c(F)c2)cc1. The van der Waals surface area contributed by atoms with E-state index in [-0.39, 0.29) is 5.82 Å². The first kappa shape index (κ1) is 15.0. The molecule has 0 unspecified atom stereocenters. The van der Waals surface area contributed by atoms with Crippen LogP contribution in [0.3, 0.4) is 0 Å². The summed E-state index contributed by atoms with van der Waals surface area (Å²) < 4.78 is 19.4. The van der Waals surface area contributed by atoms with E-state index in [1.165, 1.54) is 11.6 Å². The molecule has 106 valence electrons. The van der Waals surface area contributed by atoms with Crippen LogP contribution < -0.4 is 10.1 Å². The Morgan fingerprint density at radius 2 is 1.75 bits per heavy atom. The van der Waals surface area contributed by atoms with Crippen molar-refractivity contribution >= 4 is 15.9 Å². The predicted molar refractivity (Wildman–Crippen MR) is 82.6 cm³/mol. The van der Waals surface area contributed by atoms with Gasteiger partial charge in [-0.05, 0) is 45.8 Å². The van der Waals surface area contributed by atoms with Gasteiger partial charge in [0.25, 0.3) is 0 Å². The molecule has 0 amide bonds. The zero-order chi connectivity index (χ0) is 14.5. The molecule has 20 heavy (non-hydrogen) atoms. The lowest BCUT2D eigenvalue weighted by Gasteiger charge is -2.09. The van der Waals surface area contributed by atoms with Crippen molar-refractivity contribution in [2.24, 2.45) is 0 Å². The summed E-state index contributed by atoms with van der Waals surface area (Å²) in [6, 6.07) is 12.9. The van der Waals surface area contributed by atoms with E-state index in [2.05, 4.69) is 35.1 Å². The number of halogens is 2. The smallest absolute Gasteiger partial charge is 0.141 e. The minimum absolute atomic E-state index is 0.333. The quantitative estimate of drug-likeness (QED) is 0.839. The lowest BCUT2D eigenvalue weighted by molar-refractivity contribution is 0.475. The predicted octanol–water partition coefficient (Wildman–Crippen LogP) is 4.88. The van der Waals surface area contributed by atoms with Crippen LogP contribution in [0, 0.1) is 5.82 Å². The molecule has 0 aromatic heterocycles. The van der Waals surface area contributed by atoms with Gasteiger partial charge in [0.1, 0.15) is 17.3 Å². The van der Waals surface area contributed by atoms with Crippen LogP contribution in [-0.4, -0.2) is 6.04 Å². The molecule has 2 nitrogen and oxygen atoms in total. The minimum atomic E-state index is -0.333. The van der Waals surface area contributed by atoms with Gasteiger partial charge in [-0.25, -0.2) is 4.39 Å². The molecule has 4 heteroatoms. The van der Waals surface area contributed by atoms with Crippen molar-refractivity contribution < 1.29 is 9.13 Å². The fourth-order valence-electron chi connectivity index (χ4n) is 1.67. The normalized spacial score (nSPS) is 10.8. The monoisotopic (exact) mass is 337 g/mol. The second kappa shape index (κ2) is 6.86. The van der Waals surface area contributed by atoms with Crippen molar-refractivity contribution in [3.63, 3.8) is 0 Å². The highest BCUT2D eigenvalue weighted by Crippen LogP contribution is 2.25. The molecule has 2 rings (SSSR count). The fourth-order valence-corrected chi connectivity index (χ4v) is 1.92. The first-order valence-corrected chi connectivity index (χ1v) is 7.29. The van der Waals surface area contributed by atoms with Crippen molar-refractivity contribution in [3.05, 3.63) is 58.3 Å². The van der Waals surface area contributed by atoms with Gasteiger partial charge in [0.15, 0.2) is 0 Å². The lowest BCUT2D eigenvalue weighted by atomic mass is 10.2. The Hall–Kier alpha value is -1.39. The van der Waals surface area contributed by atoms with E-state index in [1.807, 2.05) is 24.3 Å². The summed E-state index contributed by atoms with van der Waals surface area (Å²) in [5, 5.41) is 3.35. The maximum Gasteiger partial charge on any atom is 0.141 e. The van der Waals surface area contributed by atoms with Crippen molar-refractivity contribution in [3.8, 4) is 11.5 Å². The molecule has 0 bridgehead atoms. The van der Waals surface area contributed by atoms with Gasteiger partial charge in [0.05, 0.1) is 4.47 Å². The van der Waals surface area contributed by atoms with E-state index in [0.29, 0.717) is 22.0 Å². The molecule has 0 fully saturated rings. The van der Waals surface area contributed by atoms with Crippen molar-refractivity contribution in [2.75, 3.05) is 0 Å². The van der Waals surface area contributed by atoms with Crippen molar-refractivity contribution in [1.29, 1.82) is 0 Å². The average molecular weight is 338 g/mol. The number of nitrogens with one attached hydrogen (secondary N) is 1. The van der Waals surface area contributed by atoms with E-state index in [0.717, 1.165) is 6.54 Å². The Bertz CT molecular complexity index is 569. The van der Waals surface area contributed by atoms with Gasteiger partial charge in [-0.15, -0.1) is 0 Å². The fraction of sp³-hybridized carbons (Fsp3) is 0.250. The molecule has 2 aromatic carbocycles. The van der Waals surface area contributed by atoms with Gasteiger partial charge in [0, 0.05) is 18.7 Å². The maximum absolute atomic E-state index is 13.4. The van der Waals surface area contributed by atoms with Crippen molar-refractivity contribution in [2.45, 2.75) is 26.4 Å². The topological polar surface area (TPSA) is 21.3 Å². The zero-order valence-electron chi connectivity index (χ0n) is 11.5. The Balaban J connectivity index is 2.01. The van der Waals surface area contributed by atoms with E-state index in [4.69, 9.17) is 4.74 Å². The average Bonchev–Trinajstić information content (AvgIpc) is 2.42. The third-order valence-electron chi connectivity index (χ3n) is 2.76. The molecular formula is C16H17BrFNO. The summed E-state index contributed by atoms with van der Waals surface area (Å²) >= 11 is 3.12. The lowest BCUT2D eigenvalue weighted by Crippen LogP contribution is -2.21. The largest absolute Gasteiger partial charge is 0.457 e. The maximum atomic E-state index is 13.4. The first-order chi connectivity index (χ1) is 9.54. The molecule has 0 atom stereocenters. The van der Waals surface area contributed by atoms with Crippen LogP contribution >= 0.6 is 15.9 Å². The van der Waals surface area contributed by atoms with E-state index < -0.39 is 0 Å². The number of benzene rings is 2. The Morgan fingerprint density at radius 1 is 1.10 bits per heavy atom. The highest BCUT2D eigenvalue weighted by Gasteiger charge is 2.03. The van der Waals surface area contributed by atoms with Crippen LogP contribution in [0.25, 0.3) is 0 Å². The Morgan fingerprint density at radius 3 is 2.35 bits per heavy atom. The summed E-state index contributed by atoms with van der Waals surface area (Å²) in [5.74, 6) is 0.846. The van der Waals surface area contributed by atoms with E-state index in [9.17, 15) is 4.39 Å². The number of ether oxygens (including phenoxy) is 1. The van der Waals surface area contributed by atoms with Gasteiger partial charge in [-0.1, -0.05) is 26.0 Å². The molecule has 0 saturated heterocycles. The molecule has 2 aromatic rings. The van der Waals surface area contributed by atoms with E-state index >= 15 is 0 Å². The minimum Gasteiger partial charge on any atom is -0.457 e. The second-order valence-corrected chi connectivity index (χ2v) is 5.71. The molecule has 0 aliphatic carbocycles. The van der Waals surface area contributed by atoms with Crippen LogP contribution in [-0.2, 0) is 6.54 Å². The summed E-state index contributed by atoms with van der Waals surface area (Å²) in [4.78, 5) is 0. The third-order valence-corrected chi connectivity index (χ3v) is 3.41. The molecule has 1 N–H and O–H groups in total. The van der Waals surface area contributed by atoms with Crippen LogP contribution in [0.5, 0.6) is 11.5 Å². The number of rotatable bonds is 5. The summed E-state index contributed by atoms with van der Waals surface area (Å²) in [6.07, 6.45) is 0. The van der Waals surface area contributed by atoms with Crippen molar-refractivity contribution in [1.82, 2.24) is 5.32 Å². The van der Waals surface area contributed by atoms with Crippen LogP contribution in [0.15, 0.2) is 46.9 Å². The molecule has 0 aliphatic rings. The zero-order valence-corrected chi connectivity index (χ0v) is 13.1. The molecular weight excluding hydrogens is 321 g/mol. The molecule has 0 heterocycles. The second-order valence-electron chi connectivity index (χ2n) is 4.86. The van der Waals surface area contributed by atoms with E-state index in [1.54, 1.807) is 12.1 Å². The molecule has 0 spiro atoms. The molecule has 0 radical (unpaired) electrons. The summed E-state index contributed by atoms with van der Waals surface area (Å²) in [5.41, 5.74) is 1.19. The van der Waals surface area contributed by atoms with Crippen LogP contribution in [0.2, 0.25) is 0 Å². The highest BCUT2D eigenvalue weighted by molar-refractivity contribution is 9.10. The van der Waals surface area contributed by atoms with Gasteiger partial charge in [-0.2, -0.15) is 0 Å². The van der Waals surface area contributed by atoms with Gasteiger partial charge in [-0.3, -0.25) is 0 Å². The van der Waals surface area contributed by atoms with Gasteiger partial charge in [0.2, 0.25) is 0 Å². The number of hydrogen-bond acceptors (Lipinski definition) is 2. The first-order valence-electron chi connectivity index (χ1n) is 6.50. The molecule has 0 aliphatic heterocycles. The summed E-state index contributed by atoms with van der Waals surface area (Å²) in [6.45, 7) is 5.05. The van der Waals surface area contributed by atoms with Crippen LogP contribution in [0.1, 0.15) is 19.4 Å². The van der Waals surface area contributed by atoms with Crippen LogP contribution in [0.4, 0.5) is 4.39 Å². The molecule has 0 saturated carbocycles.